The number of amides is 3. The first-order valence-corrected chi connectivity index (χ1v) is 11.4. The molecule has 179 valence electrons. The topological polar surface area (TPSA) is 116 Å². The van der Waals surface area contributed by atoms with Crippen LogP contribution in [0, 0.1) is 12.8 Å². The summed E-state index contributed by atoms with van der Waals surface area (Å²) in [5, 5.41) is 13.2. The van der Waals surface area contributed by atoms with Crippen molar-refractivity contribution < 1.29 is 19.6 Å². The van der Waals surface area contributed by atoms with Crippen molar-refractivity contribution in [3.05, 3.63) is 78.2 Å². The van der Waals surface area contributed by atoms with Crippen molar-refractivity contribution in [2.45, 2.75) is 45.2 Å². The molecule has 2 aromatic carbocycles. The van der Waals surface area contributed by atoms with Crippen LogP contribution >= 0.6 is 0 Å². The number of carbonyl (C=O) groups is 3. The van der Waals surface area contributed by atoms with Gasteiger partial charge in [-0.3, -0.25) is 14.4 Å². The highest BCUT2D eigenvalue weighted by atomic mass is 16.4. The fraction of sp³-hybridized carbons (Fsp3) is 0.346. The normalized spacial score (nSPS) is 17.8. The van der Waals surface area contributed by atoms with Crippen molar-refractivity contribution >= 4 is 23.6 Å². The van der Waals surface area contributed by atoms with Gasteiger partial charge in [0.1, 0.15) is 6.04 Å². The number of hydrogen-bond donors (Lipinski definition) is 2. The Balaban J connectivity index is 2.01. The summed E-state index contributed by atoms with van der Waals surface area (Å²) in [4.78, 5) is 42.8. The third-order valence-corrected chi connectivity index (χ3v) is 6.33. The van der Waals surface area contributed by atoms with Crippen LogP contribution in [0.3, 0.4) is 0 Å². The van der Waals surface area contributed by atoms with Crippen molar-refractivity contribution in [1.82, 2.24) is 9.80 Å². The number of nitrogens with zero attached hydrogens (tertiary/aromatic N) is 3. The quantitative estimate of drug-likeness (QED) is 0.225. The fourth-order valence-electron chi connectivity index (χ4n) is 4.02. The second kappa shape index (κ2) is 11.1. The first-order chi connectivity index (χ1) is 16.3. The first kappa shape index (κ1) is 25.1. The number of nitrogens with two attached hydrogens (primary N) is 1. The third-order valence-electron chi connectivity index (χ3n) is 6.33. The molecule has 0 unspecified atom stereocenters. The van der Waals surface area contributed by atoms with Gasteiger partial charge in [0, 0.05) is 17.7 Å². The molecule has 1 radical (unpaired) electrons. The molecule has 1 fully saturated rings. The second-order valence-corrected chi connectivity index (χ2v) is 8.57. The Morgan fingerprint density at radius 2 is 1.79 bits per heavy atom. The van der Waals surface area contributed by atoms with Crippen molar-refractivity contribution in [1.29, 1.82) is 0 Å². The van der Waals surface area contributed by atoms with Gasteiger partial charge in [0.2, 0.25) is 5.91 Å². The van der Waals surface area contributed by atoms with Gasteiger partial charge >= 0.3 is 0 Å². The molecule has 3 atom stereocenters. The largest absolute Gasteiger partial charge is 0.409 e. The Morgan fingerprint density at radius 1 is 1.15 bits per heavy atom. The minimum absolute atomic E-state index is 0.0540. The van der Waals surface area contributed by atoms with E-state index in [0.717, 1.165) is 16.9 Å². The van der Waals surface area contributed by atoms with Crippen LogP contribution in [0.2, 0.25) is 0 Å². The summed E-state index contributed by atoms with van der Waals surface area (Å²) in [6.07, 6.45) is 1.71. The monoisotopic (exact) mass is 463 g/mol. The standard InChI is InChI=1S/C26H31N4O4/c1-4-18(3)22(27)26(33)29-16-8-11-21(29)25(32)30(24(31)20-9-6-5-7-10-20)23(28-34)19-14-12-17(2)13-15-19/h5-7,9-10,12-15,18,21-22,34H,2,4,8,11,16,27H2,1,3H3/t18-,21-,22-/m0/s1. The van der Waals surface area contributed by atoms with Gasteiger partial charge in [0.15, 0.2) is 5.84 Å². The van der Waals surface area contributed by atoms with E-state index in [1.165, 1.54) is 4.90 Å². The van der Waals surface area contributed by atoms with Gasteiger partial charge in [-0.15, -0.1) is 0 Å². The Morgan fingerprint density at radius 3 is 2.38 bits per heavy atom. The summed E-state index contributed by atoms with van der Waals surface area (Å²) in [5.74, 6) is -1.88. The highest BCUT2D eigenvalue weighted by Gasteiger charge is 2.42. The van der Waals surface area contributed by atoms with Gasteiger partial charge < -0.3 is 15.8 Å². The van der Waals surface area contributed by atoms with Crippen LogP contribution in [0.25, 0.3) is 0 Å². The number of likely N-dealkylation sites (tertiary alicyclic amines) is 1. The van der Waals surface area contributed by atoms with E-state index in [-0.39, 0.29) is 23.2 Å². The Kier molecular flexibility index (Phi) is 8.17. The first-order valence-electron chi connectivity index (χ1n) is 11.4. The van der Waals surface area contributed by atoms with Crippen LogP contribution in [-0.4, -0.2) is 57.2 Å². The molecule has 8 heteroatoms. The minimum Gasteiger partial charge on any atom is -0.409 e. The number of amidine groups is 1. The van der Waals surface area contributed by atoms with Crippen LogP contribution in [0.5, 0.6) is 0 Å². The molecule has 3 N–H and O–H groups in total. The lowest BCUT2D eigenvalue weighted by Crippen LogP contribution is -2.55. The maximum absolute atomic E-state index is 13.8. The molecule has 0 aromatic heterocycles. The highest BCUT2D eigenvalue weighted by molar-refractivity contribution is 6.23. The number of hydrogen-bond acceptors (Lipinski definition) is 6. The number of oxime groups is 1. The molecule has 3 rings (SSSR count). The number of benzene rings is 2. The summed E-state index contributed by atoms with van der Waals surface area (Å²) in [5.41, 5.74) is 7.51. The van der Waals surface area contributed by atoms with Crippen molar-refractivity contribution in [2.24, 2.45) is 16.8 Å². The molecule has 1 aliphatic heterocycles. The summed E-state index contributed by atoms with van der Waals surface area (Å²) < 4.78 is 0. The maximum Gasteiger partial charge on any atom is 0.266 e. The molecule has 34 heavy (non-hydrogen) atoms. The van der Waals surface area contributed by atoms with E-state index in [2.05, 4.69) is 12.1 Å². The van der Waals surface area contributed by atoms with Gasteiger partial charge in [-0.05, 0) is 43.4 Å². The van der Waals surface area contributed by atoms with Crippen molar-refractivity contribution in [3.63, 3.8) is 0 Å². The highest BCUT2D eigenvalue weighted by Crippen LogP contribution is 2.24. The van der Waals surface area contributed by atoms with Crippen molar-refractivity contribution in [2.75, 3.05) is 6.54 Å². The van der Waals surface area contributed by atoms with E-state index >= 15 is 0 Å². The zero-order valence-electron chi connectivity index (χ0n) is 19.6. The van der Waals surface area contributed by atoms with E-state index in [4.69, 9.17) is 5.73 Å². The second-order valence-electron chi connectivity index (χ2n) is 8.57. The predicted molar refractivity (Wildman–Crippen MR) is 129 cm³/mol. The lowest BCUT2D eigenvalue weighted by Gasteiger charge is -2.32. The average molecular weight is 464 g/mol. The molecular formula is C26H31N4O4. The molecule has 1 aliphatic rings. The Bertz CT molecular complexity index is 1050. The number of rotatable bonds is 6. The van der Waals surface area contributed by atoms with Gasteiger partial charge in [0.05, 0.1) is 6.04 Å². The number of carbonyl (C=O) groups excluding carboxylic acids is 3. The fourth-order valence-corrected chi connectivity index (χ4v) is 4.02. The summed E-state index contributed by atoms with van der Waals surface area (Å²) in [6.45, 7) is 8.05. The SMILES string of the molecule is [CH2]c1ccc(C(=NO)N(C(=O)c2ccccc2)C(=O)[C@@H]2CCCN2C(=O)[C@@H](N)[C@@H](C)CC)cc1. The van der Waals surface area contributed by atoms with Gasteiger partial charge in [-0.1, -0.05) is 67.9 Å². The third kappa shape index (κ3) is 5.17. The van der Waals surface area contributed by atoms with E-state index in [0.29, 0.717) is 24.9 Å². The molecule has 0 aliphatic carbocycles. The van der Waals surface area contributed by atoms with Crippen LogP contribution in [0.1, 0.15) is 54.6 Å². The number of imide groups is 1. The van der Waals surface area contributed by atoms with Crippen molar-refractivity contribution in [3.8, 4) is 0 Å². The van der Waals surface area contributed by atoms with E-state index in [9.17, 15) is 19.6 Å². The van der Waals surface area contributed by atoms with E-state index in [1.54, 1.807) is 54.6 Å². The maximum atomic E-state index is 13.8. The summed E-state index contributed by atoms with van der Waals surface area (Å²) in [6, 6.07) is 13.2. The smallest absolute Gasteiger partial charge is 0.266 e. The molecule has 0 spiro atoms. The molecule has 0 bridgehead atoms. The molecule has 0 saturated carbocycles. The van der Waals surface area contributed by atoms with E-state index in [1.807, 2.05) is 13.8 Å². The lowest BCUT2D eigenvalue weighted by atomic mass is 9.98. The molecule has 1 saturated heterocycles. The molecule has 8 nitrogen and oxygen atoms in total. The molecule has 1 heterocycles. The molecule has 2 aromatic rings. The summed E-state index contributed by atoms with van der Waals surface area (Å²) >= 11 is 0. The van der Waals surface area contributed by atoms with Crippen LogP contribution in [-0.2, 0) is 9.59 Å². The summed E-state index contributed by atoms with van der Waals surface area (Å²) in [7, 11) is 0. The molecular weight excluding hydrogens is 432 g/mol. The van der Waals surface area contributed by atoms with Gasteiger partial charge in [-0.25, -0.2) is 4.90 Å². The lowest BCUT2D eigenvalue weighted by molar-refractivity contribution is -0.142. The predicted octanol–water partition coefficient (Wildman–Crippen LogP) is 3.04. The van der Waals surface area contributed by atoms with Gasteiger partial charge in [0.25, 0.3) is 11.8 Å². The minimum atomic E-state index is -0.890. The average Bonchev–Trinajstić information content (AvgIpc) is 3.36. The Hall–Kier alpha value is -3.52. The molecule has 3 amide bonds. The zero-order valence-corrected chi connectivity index (χ0v) is 19.6. The Labute approximate surface area is 200 Å². The van der Waals surface area contributed by atoms with Crippen LogP contribution in [0.4, 0.5) is 0 Å². The van der Waals surface area contributed by atoms with E-state index < -0.39 is 23.9 Å². The van der Waals surface area contributed by atoms with Crippen LogP contribution < -0.4 is 5.73 Å². The van der Waals surface area contributed by atoms with Gasteiger partial charge in [-0.2, -0.15) is 0 Å². The van der Waals surface area contributed by atoms with Crippen LogP contribution in [0.15, 0.2) is 59.8 Å². The zero-order chi connectivity index (χ0) is 24.8.